The summed E-state index contributed by atoms with van der Waals surface area (Å²) in [5, 5.41) is 24.8. The van der Waals surface area contributed by atoms with Gasteiger partial charge in [0, 0.05) is 18.2 Å². The number of Topliss-reactive ketones (excluding diaryl/α,β-unsaturated/α-hetero) is 1. The molecule has 1 aliphatic heterocycles. The normalized spacial score (nSPS) is 14.6. The number of nitrogens with one attached hydrogen (secondary N) is 2. The number of nitriles is 2. The number of anilines is 3. The van der Waals surface area contributed by atoms with Crippen LogP contribution in [0.5, 0.6) is 11.6 Å². The Balaban J connectivity index is 1.74. The molecule has 8 nitrogen and oxygen atoms in total. The molecule has 0 amide bonds. The highest BCUT2D eigenvalue weighted by Gasteiger charge is 2.25. The number of rotatable bonds is 5. The molecule has 1 aromatic heterocycles. The lowest BCUT2D eigenvalue weighted by Crippen LogP contribution is -2.19. The SMILES string of the molecule is CC(=O)C1CCc2c(nc(Nc3ccc(C#N)cc3)nc2Oc2c(C)cc(C#N)cc2C)NC1. The number of ether oxygens (including phenoxy) is 1. The third-order valence-electron chi connectivity index (χ3n) is 5.86. The Hall–Kier alpha value is -4.43. The number of ketones is 1. The van der Waals surface area contributed by atoms with Crippen LogP contribution in [0.25, 0.3) is 0 Å². The molecule has 1 unspecified atom stereocenters. The van der Waals surface area contributed by atoms with Crippen LogP contribution in [-0.4, -0.2) is 22.3 Å². The molecule has 170 valence electrons. The number of fused-ring (bicyclic) bond motifs is 1. The Kier molecular flexibility index (Phi) is 6.42. The van der Waals surface area contributed by atoms with E-state index in [-0.39, 0.29) is 11.7 Å². The van der Waals surface area contributed by atoms with Crippen LogP contribution >= 0.6 is 0 Å². The number of hydrogen-bond donors (Lipinski definition) is 2. The first-order valence-electron chi connectivity index (χ1n) is 11.0. The minimum atomic E-state index is -0.115. The third kappa shape index (κ3) is 4.82. The average Bonchev–Trinajstić information content (AvgIpc) is 3.04. The molecule has 3 aromatic rings. The molecule has 0 radical (unpaired) electrons. The summed E-state index contributed by atoms with van der Waals surface area (Å²) in [6, 6.07) is 14.8. The Morgan fingerprint density at radius 1 is 1.09 bits per heavy atom. The smallest absolute Gasteiger partial charge is 0.232 e. The minimum Gasteiger partial charge on any atom is -0.438 e. The molecule has 2 aromatic carbocycles. The number of aromatic nitrogens is 2. The Labute approximate surface area is 198 Å². The van der Waals surface area contributed by atoms with Crippen molar-refractivity contribution in [2.75, 3.05) is 17.2 Å². The maximum Gasteiger partial charge on any atom is 0.232 e. The van der Waals surface area contributed by atoms with Gasteiger partial charge in [-0.25, -0.2) is 0 Å². The van der Waals surface area contributed by atoms with Crippen molar-refractivity contribution in [1.82, 2.24) is 9.97 Å². The quantitative estimate of drug-likeness (QED) is 0.558. The summed E-state index contributed by atoms with van der Waals surface area (Å²) in [5.74, 6) is 2.00. The van der Waals surface area contributed by atoms with E-state index in [9.17, 15) is 10.1 Å². The summed E-state index contributed by atoms with van der Waals surface area (Å²) in [5.41, 5.74) is 4.31. The van der Waals surface area contributed by atoms with Gasteiger partial charge in [-0.05, 0) is 81.1 Å². The summed E-state index contributed by atoms with van der Waals surface area (Å²) >= 11 is 0. The molecule has 1 aliphatic rings. The van der Waals surface area contributed by atoms with E-state index in [2.05, 4.69) is 32.7 Å². The number of carbonyl (C=O) groups excluding carboxylic acids is 1. The van der Waals surface area contributed by atoms with Crippen molar-refractivity contribution in [3.63, 3.8) is 0 Å². The van der Waals surface area contributed by atoms with Crippen molar-refractivity contribution in [2.24, 2.45) is 5.92 Å². The fraction of sp³-hybridized carbons (Fsp3) is 0.269. The van der Waals surface area contributed by atoms with Crippen molar-refractivity contribution in [3.05, 3.63) is 64.2 Å². The van der Waals surface area contributed by atoms with Gasteiger partial charge in [-0.1, -0.05) is 0 Å². The Bertz CT molecular complexity index is 1310. The third-order valence-corrected chi connectivity index (χ3v) is 5.86. The second-order valence-electron chi connectivity index (χ2n) is 8.37. The predicted octanol–water partition coefficient (Wildman–Crippen LogP) is 4.94. The van der Waals surface area contributed by atoms with Crippen LogP contribution < -0.4 is 15.4 Å². The maximum atomic E-state index is 12.0. The largest absolute Gasteiger partial charge is 0.438 e. The van der Waals surface area contributed by atoms with Crippen molar-refractivity contribution < 1.29 is 9.53 Å². The lowest BCUT2D eigenvalue weighted by atomic mass is 9.98. The molecule has 2 heterocycles. The summed E-state index contributed by atoms with van der Waals surface area (Å²) in [7, 11) is 0. The zero-order chi connectivity index (χ0) is 24.2. The van der Waals surface area contributed by atoms with E-state index < -0.39 is 0 Å². The van der Waals surface area contributed by atoms with Crippen molar-refractivity contribution in [2.45, 2.75) is 33.6 Å². The highest BCUT2D eigenvalue weighted by Crippen LogP contribution is 2.36. The molecule has 0 saturated heterocycles. The average molecular weight is 453 g/mol. The van der Waals surface area contributed by atoms with Gasteiger partial charge in [-0.3, -0.25) is 4.79 Å². The molecule has 0 saturated carbocycles. The first kappa shape index (κ1) is 22.8. The lowest BCUT2D eigenvalue weighted by Gasteiger charge is -2.17. The number of carbonyl (C=O) groups is 1. The summed E-state index contributed by atoms with van der Waals surface area (Å²) in [4.78, 5) is 21.3. The van der Waals surface area contributed by atoms with Gasteiger partial charge in [0.05, 0.1) is 28.8 Å². The molecule has 0 bridgehead atoms. The molecule has 0 fully saturated rings. The van der Waals surface area contributed by atoms with Crippen LogP contribution in [-0.2, 0) is 11.2 Å². The number of hydrogen-bond acceptors (Lipinski definition) is 8. The van der Waals surface area contributed by atoms with Crippen LogP contribution in [0.3, 0.4) is 0 Å². The standard InChI is InChI=1S/C26H24N6O2/c1-15-10-19(13-28)11-16(2)23(15)34-25-22-9-6-20(17(3)33)14-29-24(22)31-26(32-25)30-21-7-4-18(12-27)5-8-21/h4-5,7-8,10-11,20H,6,9,14H2,1-3H3,(H2,29,30,31,32). The van der Waals surface area contributed by atoms with Crippen molar-refractivity contribution >= 4 is 23.2 Å². The van der Waals surface area contributed by atoms with Gasteiger partial charge in [0.2, 0.25) is 11.8 Å². The second kappa shape index (κ2) is 9.60. The first-order chi connectivity index (χ1) is 16.4. The molecule has 1 atom stereocenters. The maximum absolute atomic E-state index is 12.0. The van der Waals surface area contributed by atoms with Crippen LogP contribution in [0.1, 0.15) is 41.2 Å². The molecule has 2 N–H and O–H groups in total. The number of aryl methyl sites for hydroxylation is 2. The summed E-state index contributed by atoms with van der Waals surface area (Å²) in [6.45, 7) is 5.88. The molecular weight excluding hydrogens is 428 g/mol. The molecule has 0 spiro atoms. The molecule has 4 rings (SSSR count). The highest BCUT2D eigenvalue weighted by molar-refractivity contribution is 5.79. The molecule has 0 aliphatic carbocycles. The van der Waals surface area contributed by atoms with Gasteiger partial charge >= 0.3 is 0 Å². The second-order valence-corrected chi connectivity index (χ2v) is 8.37. The zero-order valence-electron chi connectivity index (χ0n) is 19.3. The van der Waals surface area contributed by atoms with Crippen LogP contribution in [0, 0.1) is 42.4 Å². The van der Waals surface area contributed by atoms with Crippen molar-refractivity contribution in [1.29, 1.82) is 10.5 Å². The minimum absolute atomic E-state index is 0.115. The van der Waals surface area contributed by atoms with Crippen LogP contribution in [0.15, 0.2) is 36.4 Å². The van der Waals surface area contributed by atoms with E-state index in [4.69, 9.17) is 10.00 Å². The van der Waals surface area contributed by atoms with Gasteiger partial charge in [0.15, 0.2) is 0 Å². The molecule has 34 heavy (non-hydrogen) atoms. The Morgan fingerprint density at radius 2 is 1.76 bits per heavy atom. The Morgan fingerprint density at radius 3 is 2.38 bits per heavy atom. The fourth-order valence-electron chi connectivity index (χ4n) is 3.99. The van der Waals surface area contributed by atoms with E-state index >= 15 is 0 Å². The lowest BCUT2D eigenvalue weighted by molar-refractivity contribution is -0.120. The van der Waals surface area contributed by atoms with Gasteiger partial charge in [0.1, 0.15) is 17.4 Å². The number of nitrogens with zero attached hydrogens (tertiary/aromatic N) is 4. The van der Waals surface area contributed by atoms with Gasteiger partial charge in [-0.2, -0.15) is 20.5 Å². The highest BCUT2D eigenvalue weighted by atomic mass is 16.5. The van der Waals surface area contributed by atoms with E-state index in [1.54, 1.807) is 43.3 Å². The van der Waals surface area contributed by atoms with E-state index in [0.717, 1.165) is 22.4 Å². The number of benzene rings is 2. The first-order valence-corrected chi connectivity index (χ1v) is 11.0. The zero-order valence-corrected chi connectivity index (χ0v) is 19.3. The van der Waals surface area contributed by atoms with Gasteiger partial charge in [0.25, 0.3) is 0 Å². The van der Waals surface area contributed by atoms with E-state index in [1.165, 1.54) is 0 Å². The predicted molar refractivity (Wildman–Crippen MR) is 128 cm³/mol. The fourth-order valence-corrected chi connectivity index (χ4v) is 3.99. The monoisotopic (exact) mass is 452 g/mol. The van der Waals surface area contributed by atoms with Crippen LogP contribution in [0.4, 0.5) is 17.5 Å². The van der Waals surface area contributed by atoms with Crippen LogP contribution in [0.2, 0.25) is 0 Å². The van der Waals surface area contributed by atoms with Crippen molar-refractivity contribution in [3.8, 4) is 23.8 Å². The summed E-state index contributed by atoms with van der Waals surface area (Å²) < 4.78 is 6.34. The van der Waals surface area contributed by atoms with Gasteiger partial charge in [-0.15, -0.1) is 0 Å². The topological polar surface area (TPSA) is 124 Å². The summed E-state index contributed by atoms with van der Waals surface area (Å²) in [6.07, 6.45) is 1.26. The molecule has 8 heteroatoms. The molecular formula is C26H24N6O2. The van der Waals surface area contributed by atoms with E-state index in [1.807, 2.05) is 13.8 Å². The van der Waals surface area contributed by atoms with Gasteiger partial charge < -0.3 is 15.4 Å². The van der Waals surface area contributed by atoms with E-state index in [0.29, 0.717) is 53.9 Å².